The highest BCUT2D eigenvalue weighted by atomic mass is 16.3. The average molecular weight is 456 g/mol. The molecule has 0 aliphatic rings. The summed E-state index contributed by atoms with van der Waals surface area (Å²) in [7, 11) is 0. The predicted molar refractivity (Wildman–Crippen MR) is 141 cm³/mol. The van der Waals surface area contributed by atoms with Gasteiger partial charge in [-0.15, -0.1) is 0 Å². The Labute approximate surface area is 201 Å². The number of allylic oxidation sites excluding steroid dienone is 1. The first kappa shape index (κ1) is 23.7. The van der Waals surface area contributed by atoms with E-state index in [9.17, 15) is 0 Å². The van der Waals surface area contributed by atoms with Gasteiger partial charge >= 0.3 is 0 Å². The van der Waals surface area contributed by atoms with Gasteiger partial charge in [-0.1, -0.05) is 38.1 Å². The molecule has 0 saturated heterocycles. The van der Waals surface area contributed by atoms with Crippen LogP contribution in [-0.4, -0.2) is 41.0 Å². The molecule has 0 unspecified atom stereocenters. The van der Waals surface area contributed by atoms with E-state index < -0.39 is 0 Å². The number of hydrogen-bond donors (Lipinski definition) is 2. The van der Waals surface area contributed by atoms with Crippen molar-refractivity contribution in [3.05, 3.63) is 78.3 Å². The summed E-state index contributed by atoms with van der Waals surface area (Å²) in [4.78, 5) is 11.3. The monoisotopic (exact) mass is 455 g/mol. The zero-order chi connectivity index (χ0) is 23.8. The summed E-state index contributed by atoms with van der Waals surface area (Å²) in [6.45, 7) is 11.3. The van der Waals surface area contributed by atoms with Crippen molar-refractivity contribution in [1.82, 2.24) is 20.2 Å². The van der Waals surface area contributed by atoms with Gasteiger partial charge in [0.2, 0.25) is 0 Å². The normalized spacial score (nSPS) is 11.6. The van der Waals surface area contributed by atoms with E-state index in [4.69, 9.17) is 4.42 Å². The number of furan rings is 1. The third kappa shape index (κ3) is 5.90. The molecular weight excluding hydrogens is 422 g/mol. The van der Waals surface area contributed by atoms with Gasteiger partial charge in [0, 0.05) is 29.7 Å². The topological polar surface area (TPSA) is 66.2 Å². The van der Waals surface area contributed by atoms with E-state index in [-0.39, 0.29) is 0 Å². The van der Waals surface area contributed by atoms with Gasteiger partial charge < -0.3 is 20.0 Å². The van der Waals surface area contributed by atoms with E-state index in [1.54, 1.807) is 6.33 Å². The second-order valence-corrected chi connectivity index (χ2v) is 8.17. The molecule has 0 saturated carbocycles. The molecule has 4 aromatic rings. The number of nitrogens with one attached hydrogen (secondary N) is 2. The van der Waals surface area contributed by atoms with Gasteiger partial charge in [-0.2, -0.15) is 0 Å². The third-order valence-electron chi connectivity index (χ3n) is 5.91. The Morgan fingerprint density at radius 1 is 0.971 bits per heavy atom. The van der Waals surface area contributed by atoms with Gasteiger partial charge in [0.15, 0.2) is 0 Å². The predicted octanol–water partition coefficient (Wildman–Crippen LogP) is 6.10. The van der Waals surface area contributed by atoms with E-state index in [0.717, 1.165) is 65.7 Å². The Balaban J connectivity index is 1.48. The quantitative estimate of drug-likeness (QED) is 0.267. The number of hydrogen-bond acceptors (Lipinski definition) is 6. The molecule has 4 rings (SSSR count). The van der Waals surface area contributed by atoms with Crippen LogP contribution in [0.15, 0.2) is 71.4 Å². The number of benzene rings is 2. The summed E-state index contributed by atoms with van der Waals surface area (Å²) in [5, 5.41) is 7.86. The van der Waals surface area contributed by atoms with Crippen molar-refractivity contribution in [2.24, 2.45) is 0 Å². The number of fused-ring (bicyclic) bond motifs is 1. The van der Waals surface area contributed by atoms with Crippen LogP contribution in [0.1, 0.15) is 32.1 Å². The Morgan fingerprint density at radius 3 is 2.56 bits per heavy atom. The molecule has 0 fully saturated rings. The first-order valence-corrected chi connectivity index (χ1v) is 12.0. The van der Waals surface area contributed by atoms with Crippen LogP contribution in [0.25, 0.3) is 28.3 Å². The molecule has 0 atom stereocenters. The van der Waals surface area contributed by atoms with Crippen molar-refractivity contribution in [3.63, 3.8) is 0 Å². The number of rotatable bonds is 11. The Morgan fingerprint density at radius 2 is 1.79 bits per heavy atom. The molecule has 2 aromatic carbocycles. The molecule has 6 nitrogen and oxygen atoms in total. The average Bonchev–Trinajstić information content (AvgIpc) is 3.34. The summed E-state index contributed by atoms with van der Waals surface area (Å²) in [5.41, 5.74) is 4.04. The first-order valence-electron chi connectivity index (χ1n) is 12.0. The molecule has 176 valence electrons. The number of anilines is 2. The maximum Gasteiger partial charge on any atom is 0.141 e. The third-order valence-corrected chi connectivity index (χ3v) is 5.91. The second kappa shape index (κ2) is 11.6. The molecule has 2 N–H and O–H groups in total. The van der Waals surface area contributed by atoms with Crippen LogP contribution in [-0.2, 0) is 6.54 Å². The molecule has 0 spiro atoms. The minimum Gasteiger partial charge on any atom is -0.460 e. The summed E-state index contributed by atoms with van der Waals surface area (Å²) >= 11 is 0. The summed E-state index contributed by atoms with van der Waals surface area (Å²) in [6, 6.07) is 18.5. The maximum absolute atomic E-state index is 6.13. The van der Waals surface area contributed by atoms with Crippen LogP contribution in [0.5, 0.6) is 0 Å². The van der Waals surface area contributed by atoms with Crippen LogP contribution in [0, 0.1) is 0 Å². The SMILES string of the molecule is C/C=C/c1ccc(Nc2ncnc3ccc(-c4ccc(CNCCN(CC)CC)o4)cc23)cc1. The van der Waals surface area contributed by atoms with E-state index in [1.165, 1.54) is 5.56 Å². The van der Waals surface area contributed by atoms with Crippen molar-refractivity contribution >= 4 is 28.5 Å². The molecule has 0 radical (unpaired) electrons. The molecule has 34 heavy (non-hydrogen) atoms. The second-order valence-electron chi connectivity index (χ2n) is 8.17. The molecule has 2 heterocycles. The molecule has 6 heteroatoms. The smallest absolute Gasteiger partial charge is 0.141 e. The number of aromatic nitrogens is 2. The molecule has 0 aliphatic heterocycles. The van der Waals surface area contributed by atoms with Gasteiger partial charge in [0.1, 0.15) is 23.7 Å². The fourth-order valence-corrected chi connectivity index (χ4v) is 3.93. The van der Waals surface area contributed by atoms with Crippen LogP contribution in [0.2, 0.25) is 0 Å². The lowest BCUT2D eigenvalue weighted by atomic mass is 10.1. The molecule has 2 aromatic heterocycles. The highest BCUT2D eigenvalue weighted by Crippen LogP contribution is 2.29. The van der Waals surface area contributed by atoms with Crippen molar-refractivity contribution < 1.29 is 4.42 Å². The van der Waals surface area contributed by atoms with E-state index in [0.29, 0.717) is 6.54 Å². The molecule has 0 amide bonds. The zero-order valence-corrected chi connectivity index (χ0v) is 20.2. The fourth-order valence-electron chi connectivity index (χ4n) is 3.93. The summed E-state index contributed by atoms with van der Waals surface area (Å²) in [6.07, 6.45) is 5.70. The fraction of sp³-hybridized carbons (Fsp3) is 0.286. The first-order chi connectivity index (χ1) is 16.7. The molecule has 0 bridgehead atoms. The van der Waals surface area contributed by atoms with Crippen LogP contribution >= 0.6 is 0 Å². The summed E-state index contributed by atoms with van der Waals surface area (Å²) < 4.78 is 6.13. The van der Waals surface area contributed by atoms with Crippen LogP contribution < -0.4 is 10.6 Å². The standard InChI is InChI=1S/C28H33N5O/c1-4-7-21-8-11-23(12-9-21)32-28-25-18-22(10-14-26(25)30-20-31-28)27-15-13-24(34-27)19-29-16-17-33(5-2)6-3/h4,7-15,18,20,29H,5-6,16-17,19H2,1-3H3,(H,30,31,32)/b7-4+. The highest BCUT2D eigenvalue weighted by molar-refractivity contribution is 5.93. The maximum atomic E-state index is 6.13. The van der Waals surface area contributed by atoms with Crippen molar-refractivity contribution in [2.75, 3.05) is 31.5 Å². The lowest BCUT2D eigenvalue weighted by Gasteiger charge is -2.17. The van der Waals surface area contributed by atoms with Crippen LogP contribution in [0.4, 0.5) is 11.5 Å². The van der Waals surface area contributed by atoms with Crippen molar-refractivity contribution in [2.45, 2.75) is 27.3 Å². The van der Waals surface area contributed by atoms with Gasteiger partial charge in [0.25, 0.3) is 0 Å². The van der Waals surface area contributed by atoms with Gasteiger partial charge in [0.05, 0.1) is 12.1 Å². The van der Waals surface area contributed by atoms with Gasteiger partial charge in [-0.3, -0.25) is 0 Å². The zero-order valence-electron chi connectivity index (χ0n) is 20.2. The highest BCUT2D eigenvalue weighted by Gasteiger charge is 2.10. The summed E-state index contributed by atoms with van der Waals surface area (Å²) in [5.74, 6) is 2.54. The Hall–Kier alpha value is -3.48. The Bertz CT molecular complexity index is 1230. The number of likely N-dealkylation sites (N-methyl/N-ethyl adjacent to an activating group) is 1. The van der Waals surface area contributed by atoms with Gasteiger partial charge in [-0.25, -0.2) is 9.97 Å². The van der Waals surface area contributed by atoms with E-state index in [2.05, 4.69) is 75.8 Å². The lowest BCUT2D eigenvalue weighted by Crippen LogP contribution is -2.31. The van der Waals surface area contributed by atoms with E-state index in [1.807, 2.05) is 37.3 Å². The molecular formula is C28H33N5O. The Kier molecular flexibility index (Phi) is 8.07. The van der Waals surface area contributed by atoms with Crippen molar-refractivity contribution in [1.29, 1.82) is 0 Å². The number of nitrogens with zero attached hydrogens (tertiary/aromatic N) is 3. The lowest BCUT2D eigenvalue weighted by molar-refractivity contribution is 0.300. The minimum absolute atomic E-state index is 0.716. The van der Waals surface area contributed by atoms with Crippen LogP contribution in [0.3, 0.4) is 0 Å². The van der Waals surface area contributed by atoms with Crippen molar-refractivity contribution in [3.8, 4) is 11.3 Å². The molecule has 0 aliphatic carbocycles. The minimum atomic E-state index is 0.716. The van der Waals surface area contributed by atoms with E-state index >= 15 is 0 Å². The van der Waals surface area contributed by atoms with Gasteiger partial charge in [-0.05, 0) is 68.0 Å². The largest absolute Gasteiger partial charge is 0.460 e.